The molecule has 25 heavy (non-hydrogen) atoms. The van der Waals surface area contributed by atoms with Crippen LogP contribution in [0, 0.1) is 6.92 Å². The topological polar surface area (TPSA) is 41.7 Å². The zero-order valence-electron chi connectivity index (χ0n) is 15.1. The van der Waals surface area contributed by atoms with Crippen LogP contribution in [-0.2, 0) is 24.2 Å². The van der Waals surface area contributed by atoms with E-state index in [1.54, 1.807) is 0 Å². The Morgan fingerprint density at radius 3 is 2.80 bits per heavy atom. The lowest BCUT2D eigenvalue weighted by Gasteiger charge is -2.36. The molecule has 4 heterocycles. The Morgan fingerprint density at radius 2 is 2.00 bits per heavy atom. The number of morpholine rings is 1. The zero-order valence-corrected chi connectivity index (χ0v) is 15.1. The number of nitrogens with zero attached hydrogens (tertiary/aromatic N) is 3. The van der Waals surface area contributed by atoms with Crippen molar-refractivity contribution in [3.63, 3.8) is 0 Å². The van der Waals surface area contributed by atoms with E-state index < -0.39 is 0 Å². The fourth-order valence-electron chi connectivity index (χ4n) is 3.97. The molecule has 2 atom stereocenters. The maximum atomic E-state index is 6.05. The normalized spacial score (nSPS) is 24.6. The molecule has 0 aromatic carbocycles. The molecule has 0 radical (unpaired) electrons. The molecular formula is C20H27N3O2. The molecule has 4 rings (SSSR count). The molecule has 0 bridgehead atoms. The molecule has 2 fully saturated rings. The van der Waals surface area contributed by atoms with Gasteiger partial charge in [-0.1, -0.05) is 13.0 Å². The number of hydrogen-bond donors (Lipinski definition) is 0. The number of fused-ring (bicyclic) bond motifs is 1. The fourth-order valence-corrected chi connectivity index (χ4v) is 3.97. The second-order valence-electron chi connectivity index (χ2n) is 7.13. The van der Waals surface area contributed by atoms with Gasteiger partial charge in [-0.05, 0) is 31.2 Å². The van der Waals surface area contributed by atoms with E-state index in [2.05, 4.69) is 59.0 Å². The average molecular weight is 341 g/mol. The minimum atomic E-state index is 0.291. The minimum absolute atomic E-state index is 0.291. The second-order valence-corrected chi connectivity index (χ2v) is 7.13. The molecule has 0 unspecified atom stereocenters. The van der Waals surface area contributed by atoms with Crippen LogP contribution in [0.15, 0.2) is 34.7 Å². The second kappa shape index (κ2) is 7.28. The van der Waals surface area contributed by atoms with Gasteiger partial charge in [-0.3, -0.25) is 14.8 Å². The average Bonchev–Trinajstić information content (AvgIpc) is 3.22. The van der Waals surface area contributed by atoms with E-state index in [1.807, 2.05) is 0 Å². The van der Waals surface area contributed by atoms with E-state index >= 15 is 0 Å². The number of pyridine rings is 1. The summed E-state index contributed by atoms with van der Waals surface area (Å²) in [6.07, 6.45) is 1.24. The van der Waals surface area contributed by atoms with Crippen molar-refractivity contribution in [2.75, 3.05) is 26.2 Å². The van der Waals surface area contributed by atoms with Gasteiger partial charge in [0.15, 0.2) is 0 Å². The van der Waals surface area contributed by atoms with Crippen molar-refractivity contribution in [3.8, 4) is 0 Å². The predicted octanol–water partition coefficient (Wildman–Crippen LogP) is 2.63. The van der Waals surface area contributed by atoms with Gasteiger partial charge in [-0.15, -0.1) is 0 Å². The van der Waals surface area contributed by atoms with E-state index in [1.165, 1.54) is 0 Å². The summed E-state index contributed by atoms with van der Waals surface area (Å²) in [5, 5.41) is 0. The lowest BCUT2D eigenvalue weighted by molar-refractivity contribution is -0.0508. The molecule has 5 heteroatoms. The Balaban J connectivity index is 1.41. The standard InChI is InChI=1S/C20H27N3O2/c1-3-17-7-8-18(25-17)12-22-13-19-20(14-22)24-10-9-23(19)11-16-6-4-5-15(2)21-16/h4-8,19-20H,3,9-14H2,1-2H3/t19-,20+/m1/s1. The van der Waals surface area contributed by atoms with E-state index in [0.29, 0.717) is 12.1 Å². The Labute approximate surface area is 149 Å². The molecule has 2 aliphatic rings. The molecular weight excluding hydrogens is 314 g/mol. The SMILES string of the molecule is CCc1ccc(CN2C[C@@H]3OCCN(Cc4cccc(C)n4)[C@@H]3C2)o1. The van der Waals surface area contributed by atoms with Crippen molar-refractivity contribution in [1.82, 2.24) is 14.8 Å². The molecule has 5 nitrogen and oxygen atoms in total. The quantitative estimate of drug-likeness (QED) is 0.836. The molecule has 134 valence electrons. The van der Waals surface area contributed by atoms with Crippen molar-refractivity contribution in [2.24, 2.45) is 0 Å². The Hall–Kier alpha value is -1.69. The lowest BCUT2D eigenvalue weighted by Crippen LogP contribution is -2.50. The van der Waals surface area contributed by atoms with Crippen LogP contribution in [0.3, 0.4) is 0 Å². The summed E-state index contributed by atoms with van der Waals surface area (Å²) in [5.74, 6) is 2.12. The van der Waals surface area contributed by atoms with Crippen molar-refractivity contribution in [1.29, 1.82) is 0 Å². The molecule has 2 aliphatic heterocycles. The molecule has 2 aromatic heterocycles. The Bertz CT molecular complexity index is 714. The summed E-state index contributed by atoms with van der Waals surface area (Å²) < 4.78 is 11.9. The van der Waals surface area contributed by atoms with E-state index in [9.17, 15) is 0 Å². The molecule has 2 aromatic rings. The van der Waals surface area contributed by atoms with E-state index in [-0.39, 0.29) is 0 Å². The highest BCUT2D eigenvalue weighted by Crippen LogP contribution is 2.26. The number of aromatic nitrogens is 1. The third-order valence-corrected chi connectivity index (χ3v) is 5.25. The molecule has 0 N–H and O–H groups in total. The van der Waals surface area contributed by atoms with Gasteiger partial charge in [0.05, 0.1) is 31.0 Å². The van der Waals surface area contributed by atoms with Crippen LogP contribution < -0.4 is 0 Å². The third kappa shape index (κ3) is 3.78. The number of hydrogen-bond acceptors (Lipinski definition) is 5. The van der Waals surface area contributed by atoms with Gasteiger partial charge >= 0.3 is 0 Å². The van der Waals surface area contributed by atoms with Gasteiger partial charge in [0.2, 0.25) is 0 Å². The number of rotatable bonds is 5. The van der Waals surface area contributed by atoms with Gasteiger partial charge in [0.1, 0.15) is 11.5 Å². The highest BCUT2D eigenvalue weighted by atomic mass is 16.5. The third-order valence-electron chi connectivity index (χ3n) is 5.25. The molecule has 0 amide bonds. The summed E-state index contributed by atoms with van der Waals surface area (Å²) in [4.78, 5) is 9.66. The van der Waals surface area contributed by atoms with Crippen LogP contribution in [-0.4, -0.2) is 53.2 Å². The van der Waals surface area contributed by atoms with Crippen LogP contribution in [0.2, 0.25) is 0 Å². The molecule has 0 spiro atoms. The highest BCUT2D eigenvalue weighted by molar-refractivity contribution is 5.11. The summed E-state index contributed by atoms with van der Waals surface area (Å²) in [6.45, 7) is 9.73. The van der Waals surface area contributed by atoms with Crippen LogP contribution in [0.4, 0.5) is 0 Å². The summed E-state index contributed by atoms with van der Waals surface area (Å²) in [6, 6.07) is 10.9. The first-order valence-electron chi connectivity index (χ1n) is 9.29. The van der Waals surface area contributed by atoms with Gasteiger partial charge in [-0.25, -0.2) is 0 Å². The molecule has 0 saturated carbocycles. The number of furan rings is 1. The Kier molecular flexibility index (Phi) is 4.88. The molecule has 2 saturated heterocycles. The lowest BCUT2D eigenvalue weighted by atomic mass is 10.1. The first kappa shape index (κ1) is 16.8. The summed E-state index contributed by atoms with van der Waals surface area (Å²) >= 11 is 0. The van der Waals surface area contributed by atoms with Crippen molar-refractivity contribution in [3.05, 3.63) is 53.2 Å². The molecule has 0 aliphatic carbocycles. The van der Waals surface area contributed by atoms with Gasteiger partial charge < -0.3 is 9.15 Å². The first-order valence-corrected chi connectivity index (χ1v) is 9.29. The van der Waals surface area contributed by atoms with Crippen LogP contribution >= 0.6 is 0 Å². The van der Waals surface area contributed by atoms with Gasteiger partial charge in [0, 0.05) is 38.3 Å². The highest BCUT2D eigenvalue weighted by Gasteiger charge is 2.40. The van der Waals surface area contributed by atoms with Crippen molar-refractivity contribution in [2.45, 2.75) is 45.5 Å². The number of likely N-dealkylation sites (tertiary alicyclic amines) is 1. The summed E-state index contributed by atoms with van der Waals surface area (Å²) in [5.41, 5.74) is 2.23. The minimum Gasteiger partial charge on any atom is -0.465 e. The predicted molar refractivity (Wildman–Crippen MR) is 96.3 cm³/mol. The largest absolute Gasteiger partial charge is 0.465 e. The maximum Gasteiger partial charge on any atom is 0.118 e. The zero-order chi connectivity index (χ0) is 17.2. The van der Waals surface area contributed by atoms with Crippen LogP contribution in [0.25, 0.3) is 0 Å². The maximum absolute atomic E-state index is 6.05. The van der Waals surface area contributed by atoms with Crippen molar-refractivity contribution >= 4 is 0 Å². The summed E-state index contributed by atoms with van der Waals surface area (Å²) in [7, 11) is 0. The fraction of sp³-hybridized carbons (Fsp3) is 0.550. The first-order chi connectivity index (χ1) is 12.2. The van der Waals surface area contributed by atoms with Crippen LogP contribution in [0.1, 0.15) is 29.8 Å². The van der Waals surface area contributed by atoms with Crippen molar-refractivity contribution < 1.29 is 9.15 Å². The monoisotopic (exact) mass is 341 g/mol. The number of aryl methyl sites for hydroxylation is 2. The van der Waals surface area contributed by atoms with Gasteiger partial charge in [-0.2, -0.15) is 0 Å². The smallest absolute Gasteiger partial charge is 0.118 e. The Morgan fingerprint density at radius 1 is 1.12 bits per heavy atom. The number of ether oxygens (including phenoxy) is 1. The van der Waals surface area contributed by atoms with Gasteiger partial charge in [0.25, 0.3) is 0 Å². The van der Waals surface area contributed by atoms with E-state index in [0.717, 1.165) is 68.7 Å². The van der Waals surface area contributed by atoms with E-state index in [4.69, 9.17) is 9.15 Å². The van der Waals surface area contributed by atoms with Crippen LogP contribution in [0.5, 0.6) is 0 Å².